The first-order valence-corrected chi connectivity index (χ1v) is 8.15. The zero-order valence-electron chi connectivity index (χ0n) is 11.1. The summed E-state index contributed by atoms with van der Waals surface area (Å²) in [6.07, 6.45) is 0.648. The summed E-state index contributed by atoms with van der Waals surface area (Å²) < 4.78 is 28.8. The molecule has 0 radical (unpaired) electrons. The molecule has 0 aliphatic carbocycles. The number of nitrogens with two attached hydrogens (primary N) is 1. The van der Waals surface area contributed by atoms with E-state index in [1.54, 1.807) is 6.92 Å². The highest BCUT2D eigenvalue weighted by Crippen LogP contribution is 2.23. The molecule has 9 heteroatoms. The summed E-state index contributed by atoms with van der Waals surface area (Å²) in [5.41, 5.74) is 4.82. The molecule has 112 valence electrons. The lowest BCUT2D eigenvalue weighted by molar-refractivity contribution is 0.0519. The lowest BCUT2D eigenvalue weighted by atomic mass is 10.2. The van der Waals surface area contributed by atoms with Gasteiger partial charge < -0.3 is 10.5 Å². The minimum absolute atomic E-state index is 0.0256. The van der Waals surface area contributed by atoms with Gasteiger partial charge >= 0.3 is 5.97 Å². The van der Waals surface area contributed by atoms with Crippen LogP contribution in [0, 0.1) is 0 Å². The second-order valence-electron chi connectivity index (χ2n) is 4.68. The lowest BCUT2D eigenvalue weighted by Crippen LogP contribution is -2.31. The molecule has 0 saturated carbocycles. The van der Waals surface area contributed by atoms with Gasteiger partial charge in [-0.3, -0.25) is 9.89 Å². The summed E-state index contributed by atoms with van der Waals surface area (Å²) >= 11 is 0. The largest absolute Gasteiger partial charge is 0.461 e. The molecular formula is C11H17N3O5S. The van der Waals surface area contributed by atoms with Gasteiger partial charge in [0.15, 0.2) is 5.69 Å². The fraction of sp³-hybridized carbons (Fsp3) is 0.636. The highest BCUT2D eigenvalue weighted by molar-refractivity contribution is 7.91. The Balaban J connectivity index is 2.28. The number of hydrogen-bond acceptors (Lipinski definition) is 6. The lowest BCUT2D eigenvalue weighted by Gasteiger charge is -2.22. The zero-order chi connectivity index (χ0) is 14.9. The number of aromatic nitrogens is 2. The van der Waals surface area contributed by atoms with Crippen LogP contribution in [0.2, 0.25) is 0 Å². The quantitative estimate of drug-likeness (QED) is 0.738. The highest BCUT2D eigenvalue weighted by Gasteiger charge is 2.28. The molecule has 0 amide bonds. The van der Waals surface area contributed by atoms with E-state index in [0.717, 1.165) is 0 Å². The number of H-pyrrole nitrogens is 1. The summed E-state index contributed by atoms with van der Waals surface area (Å²) in [5, 5.41) is 2.64. The molecule has 0 spiro atoms. The van der Waals surface area contributed by atoms with E-state index in [-0.39, 0.29) is 35.5 Å². The average molecular weight is 303 g/mol. The van der Waals surface area contributed by atoms with Crippen molar-refractivity contribution in [1.82, 2.24) is 9.78 Å². The standard InChI is InChI=1S/C11H17N3O5S/c1-2-19-11(16)9-8(12)10(15)14(13-9)7-3-5-20(17,18)6-4-7/h7,13H,2-6,12H2,1H3. The van der Waals surface area contributed by atoms with Crippen LogP contribution in [0.4, 0.5) is 5.69 Å². The van der Waals surface area contributed by atoms with Gasteiger partial charge in [0.25, 0.3) is 5.56 Å². The molecule has 20 heavy (non-hydrogen) atoms. The van der Waals surface area contributed by atoms with Gasteiger partial charge in [-0.05, 0) is 19.8 Å². The first kappa shape index (κ1) is 14.6. The van der Waals surface area contributed by atoms with Crippen LogP contribution >= 0.6 is 0 Å². The maximum absolute atomic E-state index is 12.0. The molecule has 2 heterocycles. The molecule has 0 aromatic carbocycles. The number of nitrogen functional groups attached to an aromatic ring is 1. The Morgan fingerprint density at radius 1 is 1.45 bits per heavy atom. The fourth-order valence-electron chi connectivity index (χ4n) is 2.22. The molecule has 0 unspecified atom stereocenters. The molecule has 8 nitrogen and oxygen atoms in total. The molecule has 2 rings (SSSR count). The molecule has 3 N–H and O–H groups in total. The summed E-state index contributed by atoms with van der Waals surface area (Å²) in [6, 6.07) is -0.295. The van der Waals surface area contributed by atoms with Crippen molar-refractivity contribution in [2.75, 3.05) is 23.8 Å². The van der Waals surface area contributed by atoms with Gasteiger partial charge in [-0.1, -0.05) is 0 Å². The van der Waals surface area contributed by atoms with E-state index in [0.29, 0.717) is 12.8 Å². The van der Waals surface area contributed by atoms with Crippen molar-refractivity contribution in [3.8, 4) is 0 Å². The third-order valence-electron chi connectivity index (χ3n) is 3.32. The van der Waals surface area contributed by atoms with Crippen LogP contribution in [-0.4, -0.2) is 42.3 Å². The molecule has 1 aliphatic rings. The Bertz CT molecular complexity index is 659. The van der Waals surface area contributed by atoms with Gasteiger partial charge in [0.1, 0.15) is 15.5 Å². The van der Waals surface area contributed by atoms with Crippen molar-refractivity contribution in [1.29, 1.82) is 0 Å². The number of anilines is 1. The normalized spacial score (nSPS) is 18.9. The Kier molecular flexibility index (Phi) is 3.89. The number of hydrogen-bond donors (Lipinski definition) is 2. The molecule has 0 atom stereocenters. The van der Waals surface area contributed by atoms with Crippen LogP contribution in [0.15, 0.2) is 4.79 Å². The Hall–Kier alpha value is -1.77. The van der Waals surface area contributed by atoms with Crippen molar-refractivity contribution in [3.05, 3.63) is 16.0 Å². The van der Waals surface area contributed by atoms with E-state index in [1.807, 2.05) is 0 Å². The maximum atomic E-state index is 12.0. The van der Waals surface area contributed by atoms with Crippen LogP contribution < -0.4 is 11.3 Å². The van der Waals surface area contributed by atoms with E-state index >= 15 is 0 Å². The van der Waals surface area contributed by atoms with Gasteiger partial charge in [0, 0.05) is 0 Å². The van der Waals surface area contributed by atoms with Crippen molar-refractivity contribution in [2.24, 2.45) is 0 Å². The van der Waals surface area contributed by atoms with Crippen molar-refractivity contribution in [3.63, 3.8) is 0 Å². The number of carbonyl (C=O) groups is 1. The maximum Gasteiger partial charge on any atom is 0.358 e. The molecule has 0 bridgehead atoms. The van der Waals surface area contributed by atoms with Crippen molar-refractivity contribution >= 4 is 21.5 Å². The molecule has 1 aromatic rings. The average Bonchev–Trinajstić information content (AvgIpc) is 2.67. The van der Waals surface area contributed by atoms with E-state index < -0.39 is 21.4 Å². The van der Waals surface area contributed by atoms with E-state index in [4.69, 9.17) is 10.5 Å². The summed E-state index contributed by atoms with van der Waals surface area (Å²) in [5.74, 6) is -0.639. The van der Waals surface area contributed by atoms with Gasteiger partial charge in [-0.2, -0.15) is 0 Å². The number of ether oxygens (including phenoxy) is 1. The first-order chi connectivity index (χ1) is 9.35. The molecule has 1 aromatic heterocycles. The van der Waals surface area contributed by atoms with E-state index in [9.17, 15) is 18.0 Å². The minimum atomic E-state index is -3.02. The minimum Gasteiger partial charge on any atom is -0.461 e. The second-order valence-corrected chi connectivity index (χ2v) is 6.98. The Morgan fingerprint density at radius 2 is 2.05 bits per heavy atom. The molecule has 1 fully saturated rings. The second kappa shape index (κ2) is 5.31. The third-order valence-corrected chi connectivity index (χ3v) is 5.04. The van der Waals surface area contributed by atoms with Crippen LogP contribution in [0.1, 0.15) is 36.3 Å². The molecule has 1 aliphatic heterocycles. The summed E-state index contributed by atoms with van der Waals surface area (Å²) in [4.78, 5) is 23.6. The van der Waals surface area contributed by atoms with Gasteiger partial charge in [-0.15, -0.1) is 0 Å². The third kappa shape index (κ3) is 2.72. The zero-order valence-corrected chi connectivity index (χ0v) is 11.9. The number of carbonyl (C=O) groups excluding carboxylic acids is 1. The predicted molar refractivity (Wildman–Crippen MR) is 72.3 cm³/mol. The number of rotatable bonds is 3. The summed E-state index contributed by atoms with van der Waals surface area (Å²) in [6.45, 7) is 1.82. The van der Waals surface area contributed by atoms with Gasteiger partial charge in [-0.25, -0.2) is 17.9 Å². The Labute approximate surface area is 115 Å². The topological polar surface area (TPSA) is 124 Å². The Morgan fingerprint density at radius 3 is 2.60 bits per heavy atom. The number of aromatic amines is 1. The van der Waals surface area contributed by atoms with Crippen molar-refractivity contribution in [2.45, 2.75) is 25.8 Å². The SMILES string of the molecule is CCOC(=O)c1[nH]n(C2CCS(=O)(=O)CC2)c(=O)c1N. The van der Waals surface area contributed by atoms with Crippen LogP contribution in [-0.2, 0) is 14.6 Å². The predicted octanol–water partition coefficient (Wildman–Crippen LogP) is -0.315. The number of nitrogens with zero attached hydrogens (tertiary/aromatic N) is 1. The van der Waals surface area contributed by atoms with Crippen LogP contribution in [0.3, 0.4) is 0 Å². The van der Waals surface area contributed by atoms with E-state index in [1.165, 1.54) is 4.68 Å². The van der Waals surface area contributed by atoms with Gasteiger partial charge in [0.05, 0.1) is 24.2 Å². The van der Waals surface area contributed by atoms with Crippen LogP contribution in [0.5, 0.6) is 0 Å². The number of nitrogens with one attached hydrogen (secondary N) is 1. The molecule has 1 saturated heterocycles. The number of esters is 1. The number of sulfone groups is 1. The monoisotopic (exact) mass is 303 g/mol. The first-order valence-electron chi connectivity index (χ1n) is 6.33. The highest BCUT2D eigenvalue weighted by atomic mass is 32.2. The van der Waals surface area contributed by atoms with Crippen molar-refractivity contribution < 1.29 is 17.9 Å². The van der Waals surface area contributed by atoms with Gasteiger partial charge in [0.2, 0.25) is 0 Å². The molecular weight excluding hydrogens is 286 g/mol. The smallest absolute Gasteiger partial charge is 0.358 e. The van der Waals surface area contributed by atoms with Crippen LogP contribution in [0.25, 0.3) is 0 Å². The fourth-order valence-corrected chi connectivity index (χ4v) is 3.69. The summed E-state index contributed by atoms with van der Waals surface area (Å²) in [7, 11) is -3.02. The van der Waals surface area contributed by atoms with E-state index in [2.05, 4.69) is 5.10 Å².